The number of H-pyrrole nitrogens is 1. The Morgan fingerprint density at radius 2 is 1.74 bits per heavy atom. The highest BCUT2D eigenvalue weighted by Gasteiger charge is 2.18. The number of hydrogen-bond acceptors (Lipinski definition) is 4. The Bertz CT molecular complexity index is 1270. The Hall–Kier alpha value is -3.36. The van der Waals surface area contributed by atoms with Crippen molar-refractivity contribution in [1.29, 1.82) is 0 Å². The third-order valence-corrected chi connectivity index (χ3v) is 6.15. The molecule has 0 unspecified atom stereocenters. The molecular formula is C29H35N5. The lowest BCUT2D eigenvalue weighted by molar-refractivity contribution is 0.539. The van der Waals surface area contributed by atoms with Crippen LogP contribution in [0.3, 0.4) is 0 Å². The molecule has 0 saturated carbocycles. The Labute approximate surface area is 202 Å². The first kappa shape index (κ1) is 23.8. The summed E-state index contributed by atoms with van der Waals surface area (Å²) in [6.07, 6.45) is 7.53. The predicted molar refractivity (Wildman–Crippen MR) is 143 cm³/mol. The second-order valence-electron chi connectivity index (χ2n) is 8.85. The van der Waals surface area contributed by atoms with E-state index in [1.807, 2.05) is 24.3 Å². The van der Waals surface area contributed by atoms with Crippen LogP contribution in [0.4, 0.5) is 11.5 Å². The van der Waals surface area contributed by atoms with Gasteiger partial charge in [-0.1, -0.05) is 56.7 Å². The fourth-order valence-electron chi connectivity index (χ4n) is 4.40. The van der Waals surface area contributed by atoms with Gasteiger partial charge in [0.25, 0.3) is 0 Å². The first-order chi connectivity index (χ1) is 16.7. The third kappa shape index (κ3) is 5.58. The first-order valence-corrected chi connectivity index (χ1v) is 12.6. The molecule has 5 nitrogen and oxygen atoms in total. The zero-order chi connectivity index (χ0) is 23.8. The highest BCUT2D eigenvalue weighted by atomic mass is 15.0. The normalized spacial score (nSPS) is 11.2. The Kier molecular flexibility index (Phi) is 8.17. The number of imidazole rings is 1. The van der Waals surface area contributed by atoms with Crippen LogP contribution in [0.2, 0.25) is 0 Å². The Balaban J connectivity index is 1.65. The third-order valence-electron chi connectivity index (χ3n) is 6.15. The molecule has 0 fully saturated rings. The molecule has 2 heterocycles. The van der Waals surface area contributed by atoms with E-state index >= 15 is 0 Å². The molecule has 2 aromatic carbocycles. The monoisotopic (exact) mass is 453 g/mol. The molecular weight excluding hydrogens is 418 g/mol. The number of anilines is 2. The van der Waals surface area contributed by atoms with Crippen molar-refractivity contribution in [3.63, 3.8) is 0 Å². The molecule has 176 valence electrons. The molecule has 0 aliphatic rings. The summed E-state index contributed by atoms with van der Waals surface area (Å²) >= 11 is 0. The smallest absolute Gasteiger partial charge is 0.157 e. The van der Waals surface area contributed by atoms with E-state index in [2.05, 4.69) is 60.3 Å². The van der Waals surface area contributed by atoms with Gasteiger partial charge in [0.2, 0.25) is 0 Å². The zero-order valence-electron chi connectivity index (χ0n) is 20.3. The lowest BCUT2D eigenvalue weighted by Gasteiger charge is -2.11. The number of pyridine rings is 1. The number of rotatable bonds is 10. The van der Waals surface area contributed by atoms with Crippen LogP contribution < -0.4 is 11.1 Å². The van der Waals surface area contributed by atoms with Gasteiger partial charge in [-0.3, -0.25) is 0 Å². The van der Waals surface area contributed by atoms with Crippen LogP contribution in [0.1, 0.15) is 76.1 Å². The van der Waals surface area contributed by atoms with Crippen LogP contribution in [-0.4, -0.2) is 21.5 Å². The Morgan fingerprint density at radius 1 is 0.971 bits per heavy atom. The largest absolute Gasteiger partial charge is 0.339 e. The molecule has 0 spiro atoms. The predicted octanol–water partition coefficient (Wildman–Crippen LogP) is 7.02. The van der Waals surface area contributed by atoms with Crippen LogP contribution in [0.5, 0.6) is 0 Å². The van der Waals surface area contributed by atoms with E-state index in [1.165, 1.54) is 0 Å². The van der Waals surface area contributed by atoms with Gasteiger partial charge in [-0.15, -0.1) is 0 Å². The van der Waals surface area contributed by atoms with E-state index < -0.39 is 0 Å². The van der Waals surface area contributed by atoms with E-state index in [4.69, 9.17) is 15.7 Å². The van der Waals surface area contributed by atoms with Gasteiger partial charge in [0.1, 0.15) is 16.9 Å². The van der Waals surface area contributed by atoms with Crippen molar-refractivity contribution in [1.82, 2.24) is 15.0 Å². The standard InChI is InChI=1S/C29H35N5/c1-3-11-22(12-4-2)28-33-26-24-14-8-9-15-25(24)32-29(27(26)34-28)31-23-18-16-21(17-19-23)13-7-5-6-10-20-30/h8-9,14-19,22H,3-6,10-12,20,30H2,1-2H3,(H,31,32)(H,33,34). The SMILES string of the molecule is CCCC(CCC)c1nc2c([nH]1)c(Nc1ccc(C#CCCCCN)cc1)nc1ccccc12. The molecule has 0 radical (unpaired) electrons. The molecule has 4 aromatic rings. The van der Waals surface area contributed by atoms with Gasteiger partial charge in [-0.2, -0.15) is 0 Å². The number of nitrogens with one attached hydrogen (secondary N) is 2. The number of aromatic nitrogens is 3. The minimum atomic E-state index is 0.441. The van der Waals surface area contributed by atoms with Crippen LogP contribution >= 0.6 is 0 Å². The number of para-hydroxylation sites is 1. The Morgan fingerprint density at radius 3 is 2.47 bits per heavy atom. The number of nitrogens with two attached hydrogens (primary N) is 1. The van der Waals surface area contributed by atoms with Crippen LogP contribution in [-0.2, 0) is 0 Å². The van der Waals surface area contributed by atoms with E-state index in [9.17, 15) is 0 Å². The van der Waals surface area contributed by atoms with Gasteiger partial charge in [-0.25, -0.2) is 9.97 Å². The van der Waals surface area contributed by atoms with Crippen molar-refractivity contribution >= 4 is 33.4 Å². The lowest BCUT2D eigenvalue weighted by atomic mass is 9.98. The number of aromatic amines is 1. The van der Waals surface area contributed by atoms with Crippen LogP contribution in [0, 0.1) is 11.8 Å². The summed E-state index contributed by atoms with van der Waals surface area (Å²) in [6.45, 7) is 5.21. The van der Waals surface area contributed by atoms with Crippen molar-refractivity contribution in [2.75, 3.05) is 11.9 Å². The molecule has 0 amide bonds. The van der Waals surface area contributed by atoms with Crippen molar-refractivity contribution in [3.05, 3.63) is 59.9 Å². The topological polar surface area (TPSA) is 79.6 Å². The second-order valence-corrected chi connectivity index (χ2v) is 8.85. The summed E-state index contributed by atoms with van der Waals surface area (Å²) in [7, 11) is 0. The minimum Gasteiger partial charge on any atom is -0.339 e. The molecule has 0 atom stereocenters. The molecule has 4 rings (SSSR count). The van der Waals surface area contributed by atoms with Gasteiger partial charge < -0.3 is 16.0 Å². The maximum Gasteiger partial charge on any atom is 0.157 e. The van der Waals surface area contributed by atoms with Crippen LogP contribution in [0.15, 0.2) is 48.5 Å². The van der Waals surface area contributed by atoms with Crippen LogP contribution in [0.25, 0.3) is 21.9 Å². The lowest BCUT2D eigenvalue weighted by Crippen LogP contribution is -2.00. The van der Waals surface area contributed by atoms with Gasteiger partial charge >= 0.3 is 0 Å². The number of unbranched alkanes of at least 4 members (excludes halogenated alkanes) is 2. The minimum absolute atomic E-state index is 0.441. The quantitative estimate of drug-likeness (QED) is 0.178. The fraction of sp³-hybridized carbons (Fsp3) is 0.379. The van der Waals surface area contributed by atoms with Crippen molar-refractivity contribution < 1.29 is 0 Å². The average Bonchev–Trinajstić information content (AvgIpc) is 3.31. The number of hydrogen-bond donors (Lipinski definition) is 3. The maximum absolute atomic E-state index is 5.54. The number of benzene rings is 2. The summed E-state index contributed by atoms with van der Waals surface area (Å²) in [5.41, 5.74) is 10.4. The highest BCUT2D eigenvalue weighted by molar-refractivity contribution is 6.07. The van der Waals surface area contributed by atoms with Gasteiger partial charge in [-0.05, 0) is 62.6 Å². The number of nitrogens with zero attached hydrogens (tertiary/aromatic N) is 2. The molecule has 0 aliphatic carbocycles. The zero-order valence-corrected chi connectivity index (χ0v) is 20.3. The van der Waals surface area contributed by atoms with Crippen molar-refractivity contribution in [2.45, 2.75) is 64.7 Å². The molecule has 4 N–H and O–H groups in total. The molecule has 0 saturated heterocycles. The van der Waals surface area contributed by atoms with E-state index in [1.54, 1.807) is 0 Å². The van der Waals surface area contributed by atoms with E-state index in [0.29, 0.717) is 5.92 Å². The van der Waals surface area contributed by atoms with E-state index in [-0.39, 0.29) is 0 Å². The molecule has 2 aromatic heterocycles. The summed E-state index contributed by atoms with van der Waals surface area (Å²) in [4.78, 5) is 13.7. The van der Waals surface area contributed by atoms with E-state index in [0.717, 1.165) is 96.3 Å². The number of fused-ring (bicyclic) bond motifs is 3. The molecule has 0 aliphatic heterocycles. The summed E-state index contributed by atoms with van der Waals surface area (Å²) in [6, 6.07) is 16.4. The van der Waals surface area contributed by atoms with Gasteiger partial charge in [0.05, 0.1) is 5.52 Å². The van der Waals surface area contributed by atoms with Crippen molar-refractivity contribution in [2.24, 2.45) is 5.73 Å². The fourth-order valence-corrected chi connectivity index (χ4v) is 4.40. The molecule has 0 bridgehead atoms. The van der Waals surface area contributed by atoms with Gasteiger partial charge in [0, 0.05) is 29.0 Å². The molecule has 5 heteroatoms. The first-order valence-electron chi connectivity index (χ1n) is 12.6. The van der Waals surface area contributed by atoms with Gasteiger partial charge in [0.15, 0.2) is 5.82 Å². The van der Waals surface area contributed by atoms with Crippen molar-refractivity contribution in [3.8, 4) is 11.8 Å². The summed E-state index contributed by atoms with van der Waals surface area (Å²) < 4.78 is 0. The molecule has 34 heavy (non-hydrogen) atoms. The summed E-state index contributed by atoms with van der Waals surface area (Å²) in [5, 5.41) is 4.60. The summed E-state index contributed by atoms with van der Waals surface area (Å²) in [5.74, 6) is 8.79. The second kappa shape index (κ2) is 11.7. The average molecular weight is 454 g/mol. The maximum atomic E-state index is 5.54. The highest BCUT2D eigenvalue weighted by Crippen LogP contribution is 2.33.